The minimum atomic E-state index is -0.123. The number of benzene rings is 3. The molecule has 3 aromatic rings. The van der Waals surface area contributed by atoms with Crippen molar-refractivity contribution in [3.63, 3.8) is 0 Å². The van der Waals surface area contributed by atoms with Gasteiger partial charge in [0.25, 0.3) is 0 Å². The maximum Gasteiger partial charge on any atom is 0.127 e. The van der Waals surface area contributed by atoms with Crippen molar-refractivity contribution < 1.29 is 4.39 Å². The lowest BCUT2D eigenvalue weighted by molar-refractivity contribution is 0.608. The van der Waals surface area contributed by atoms with Gasteiger partial charge in [-0.3, -0.25) is 0 Å². The molecular formula is C29H29F. The number of allylic oxidation sites excluding steroid dienone is 1. The van der Waals surface area contributed by atoms with E-state index in [1.54, 1.807) is 6.07 Å². The van der Waals surface area contributed by atoms with Gasteiger partial charge in [0.1, 0.15) is 5.82 Å². The molecule has 0 saturated heterocycles. The normalized spacial score (nSPS) is 10.3. The van der Waals surface area contributed by atoms with E-state index < -0.39 is 0 Å². The summed E-state index contributed by atoms with van der Waals surface area (Å²) in [5, 5.41) is 0. The minimum Gasteiger partial charge on any atom is -0.207 e. The SMILES string of the molecule is C=CCCCCc1ccc(C#Cc2ccc(-c3ccc(CCC)c(F)c3)cc2)cc1. The van der Waals surface area contributed by atoms with Crippen LogP contribution in [0.15, 0.2) is 79.4 Å². The van der Waals surface area contributed by atoms with Gasteiger partial charge >= 0.3 is 0 Å². The van der Waals surface area contributed by atoms with Gasteiger partial charge in [-0.25, -0.2) is 4.39 Å². The third-order valence-corrected chi connectivity index (χ3v) is 5.22. The zero-order chi connectivity index (χ0) is 21.2. The Balaban J connectivity index is 1.63. The van der Waals surface area contributed by atoms with Crippen LogP contribution in [-0.4, -0.2) is 0 Å². The lowest BCUT2D eigenvalue weighted by Gasteiger charge is -2.06. The molecule has 0 amide bonds. The van der Waals surface area contributed by atoms with Crippen LogP contribution in [-0.2, 0) is 12.8 Å². The topological polar surface area (TPSA) is 0 Å². The van der Waals surface area contributed by atoms with Gasteiger partial charge in [-0.1, -0.05) is 67.7 Å². The van der Waals surface area contributed by atoms with E-state index in [2.05, 4.69) is 49.6 Å². The van der Waals surface area contributed by atoms with Gasteiger partial charge in [0, 0.05) is 11.1 Å². The van der Waals surface area contributed by atoms with Crippen LogP contribution in [0.1, 0.15) is 54.9 Å². The van der Waals surface area contributed by atoms with E-state index in [0.717, 1.165) is 53.5 Å². The summed E-state index contributed by atoms with van der Waals surface area (Å²) in [5.74, 6) is 6.33. The van der Waals surface area contributed by atoms with Crippen LogP contribution >= 0.6 is 0 Å². The van der Waals surface area contributed by atoms with Crippen molar-refractivity contribution in [2.45, 2.75) is 45.4 Å². The molecule has 0 aliphatic heterocycles. The number of halogens is 1. The number of rotatable bonds is 8. The predicted molar refractivity (Wildman–Crippen MR) is 126 cm³/mol. The van der Waals surface area contributed by atoms with E-state index in [-0.39, 0.29) is 5.82 Å². The molecule has 0 aliphatic carbocycles. The molecule has 0 aromatic heterocycles. The molecule has 0 spiro atoms. The van der Waals surface area contributed by atoms with Crippen molar-refractivity contribution in [1.82, 2.24) is 0 Å². The summed E-state index contributed by atoms with van der Waals surface area (Å²) in [6.07, 6.45) is 8.27. The maximum absolute atomic E-state index is 14.2. The van der Waals surface area contributed by atoms with Crippen molar-refractivity contribution in [1.29, 1.82) is 0 Å². The maximum atomic E-state index is 14.2. The van der Waals surface area contributed by atoms with E-state index in [0.29, 0.717) is 0 Å². The van der Waals surface area contributed by atoms with Crippen LogP contribution in [0.25, 0.3) is 11.1 Å². The Hall–Kier alpha value is -3.11. The minimum absolute atomic E-state index is 0.123. The Morgan fingerprint density at radius 1 is 0.800 bits per heavy atom. The van der Waals surface area contributed by atoms with Crippen molar-refractivity contribution in [2.75, 3.05) is 0 Å². The van der Waals surface area contributed by atoms with Gasteiger partial charge in [-0.2, -0.15) is 0 Å². The molecule has 0 N–H and O–H groups in total. The molecule has 3 aromatic carbocycles. The lowest BCUT2D eigenvalue weighted by atomic mass is 10.0. The summed E-state index contributed by atoms with van der Waals surface area (Å²) in [7, 11) is 0. The first-order valence-electron chi connectivity index (χ1n) is 10.8. The molecule has 1 heteroatoms. The van der Waals surface area contributed by atoms with Crippen molar-refractivity contribution in [2.24, 2.45) is 0 Å². The summed E-state index contributed by atoms with van der Waals surface area (Å²) in [5.41, 5.74) is 6.01. The molecule has 30 heavy (non-hydrogen) atoms. The van der Waals surface area contributed by atoms with E-state index in [4.69, 9.17) is 0 Å². The zero-order valence-electron chi connectivity index (χ0n) is 17.8. The highest BCUT2D eigenvalue weighted by Crippen LogP contribution is 2.23. The summed E-state index contributed by atoms with van der Waals surface area (Å²) < 4.78 is 14.2. The van der Waals surface area contributed by atoms with Crippen LogP contribution < -0.4 is 0 Å². The molecule has 0 bridgehead atoms. The van der Waals surface area contributed by atoms with Gasteiger partial charge in [-0.05, 0) is 84.7 Å². The standard InChI is InChI=1S/C29H29F/c1-3-5-6-7-9-23-10-12-24(13-11-23)14-15-25-16-18-26(19-17-25)28-21-20-27(8-4-2)29(30)22-28/h3,10-13,16-22H,1,4-9H2,2H3. The average molecular weight is 397 g/mol. The second-order valence-corrected chi connectivity index (χ2v) is 7.61. The highest BCUT2D eigenvalue weighted by Gasteiger charge is 2.04. The van der Waals surface area contributed by atoms with Gasteiger partial charge in [0.2, 0.25) is 0 Å². The molecule has 152 valence electrons. The number of hydrogen-bond donors (Lipinski definition) is 0. The molecule has 0 heterocycles. The molecular weight excluding hydrogens is 367 g/mol. The van der Waals surface area contributed by atoms with Gasteiger partial charge in [0.15, 0.2) is 0 Å². The third-order valence-electron chi connectivity index (χ3n) is 5.22. The summed E-state index contributed by atoms with van der Waals surface area (Å²) in [4.78, 5) is 0. The van der Waals surface area contributed by atoms with Crippen LogP contribution in [0, 0.1) is 17.7 Å². The monoisotopic (exact) mass is 396 g/mol. The first-order chi connectivity index (χ1) is 14.7. The molecule has 0 saturated carbocycles. The fourth-order valence-electron chi connectivity index (χ4n) is 3.46. The average Bonchev–Trinajstić information content (AvgIpc) is 2.78. The van der Waals surface area contributed by atoms with E-state index >= 15 is 0 Å². The molecule has 0 nitrogen and oxygen atoms in total. The Kier molecular flexibility index (Phi) is 8.04. The van der Waals surface area contributed by atoms with Gasteiger partial charge in [0.05, 0.1) is 0 Å². The molecule has 0 unspecified atom stereocenters. The zero-order valence-corrected chi connectivity index (χ0v) is 17.8. The number of hydrogen-bond acceptors (Lipinski definition) is 0. The highest BCUT2D eigenvalue weighted by atomic mass is 19.1. The molecule has 0 atom stereocenters. The fourth-order valence-corrected chi connectivity index (χ4v) is 3.46. The van der Waals surface area contributed by atoms with Crippen molar-refractivity contribution in [3.8, 4) is 23.0 Å². The first-order valence-corrected chi connectivity index (χ1v) is 10.8. The Labute approximate surface area is 180 Å². The van der Waals surface area contributed by atoms with E-state index in [1.807, 2.05) is 42.5 Å². The van der Waals surface area contributed by atoms with Crippen LogP contribution in [0.5, 0.6) is 0 Å². The second kappa shape index (κ2) is 11.2. The largest absolute Gasteiger partial charge is 0.207 e. The molecule has 0 aliphatic rings. The molecule has 0 radical (unpaired) electrons. The Morgan fingerprint density at radius 3 is 2.03 bits per heavy atom. The summed E-state index contributed by atoms with van der Waals surface area (Å²) in [6, 6.07) is 22.0. The second-order valence-electron chi connectivity index (χ2n) is 7.61. The predicted octanol–water partition coefficient (Wildman–Crippen LogP) is 7.74. The van der Waals surface area contributed by atoms with Gasteiger partial charge in [-0.15, -0.1) is 6.58 Å². The van der Waals surface area contributed by atoms with Crippen LogP contribution in [0.3, 0.4) is 0 Å². The fraction of sp³-hybridized carbons (Fsp3) is 0.241. The van der Waals surface area contributed by atoms with Crippen LogP contribution in [0.2, 0.25) is 0 Å². The third kappa shape index (κ3) is 6.19. The quantitative estimate of drug-likeness (QED) is 0.207. The number of aryl methyl sites for hydroxylation is 2. The van der Waals surface area contributed by atoms with Crippen molar-refractivity contribution >= 4 is 0 Å². The van der Waals surface area contributed by atoms with E-state index in [9.17, 15) is 4.39 Å². The summed E-state index contributed by atoms with van der Waals surface area (Å²) >= 11 is 0. The first kappa shape index (κ1) is 21.6. The van der Waals surface area contributed by atoms with Crippen molar-refractivity contribution in [3.05, 3.63) is 107 Å². The number of unbranched alkanes of at least 4 members (excludes halogenated alkanes) is 2. The van der Waals surface area contributed by atoms with Crippen LogP contribution in [0.4, 0.5) is 4.39 Å². The smallest absolute Gasteiger partial charge is 0.127 e. The Morgan fingerprint density at radius 2 is 1.43 bits per heavy atom. The highest BCUT2D eigenvalue weighted by molar-refractivity contribution is 5.65. The molecule has 0 fully saturated rings. The van der Waals surface area contributed by atoms with Gasteiger partial charge < -0.3 is 0 Å². The lowest BCUT2D eigenvalue weighted by Crippen LogP contribution is -1.90. The Bertz CT molecular complexity index is 1010. The molecule has 3 rings (SSSR count). The van der Waals surface area contributed by atoms with E-state index in [1.165, 1.54) is 18.4 Å². The summed E-state index contributed by atoms with van der Waals surface area (Å²) in [6.45, 7) is 5.83.